The maximum Gasteiger partial charge on any atom is 0.352 e. The SMILES string of the molecule is COc1ccc(CCNC(=O)Cn2c(C(=O)O)cc3occc32)cc1OC. The summed E-state index contributed by atoms with van der Waals surface area (Å²) in [5, 5.41) is 12.1. The van der Waals surface area contributed by atoms with Gasteiger partial charge in [0.25, 0.3) is 0 Å². The number of nitrogens with zero attached hydrogens (tertiary/aromatic N) is 1. The largest absolute Gasteiger partial charge is 0.493 e. The first-order chi connectivity index (χ1) is 13.0. The molecule has 0 aliphatic rings. The lowest BCUT2D eigenvalue weighted by Gasteiger charge is -2.11. The number of furan rings is 1. The minimum absolute atomic E-state index is 0.0133. The summed E-state index contributed by atoms with van der Waals surface area (Å²) in [6, 6.07) is 8.61. The highest BCUT2D eigenvalue weighted by Gasteiger charge is 2.18. The highest BCUT2D eigenvalue weighted by Crippen LogP contribution is 2.27. The van der Waals surface area contributed by atoms with E-state index in [2.05, 4.69) is 5.32 Å². The Labute approximate surface area is 155 Å². The number of ether oxygens (including phenoxy) is 2. The molecule has 1 aromatic carbocycles. The molecule has 1 amide bonds. The van der Waals surface area contributed by atoms with Gasteiger partial charge in [0.1, 0.15) is 12.2 Å². The Morgan fingerprint density at radius 2 is 1.93 bits per heavy atom. The quantitative estimate of drug-likeness (QED) is 0.629. The van der Waals surface area contributed by atoms with Gasteiger partial charge < -0.3 is 28.9 Å². The van der Waals surface area contributed by atoms with Crippen LogP contribution in [0.5, 0.6) is 11.5 Å². The molecule has 3 rings (SSSR count). The van der Waals surface area contributed by atoms with Crippen molar-refractivity contribution in [1.82, 2.24) is 9.88 Å². The Morgan fingerprint density at radius 1 is 1.15 bits per heavy atom. The topological polar surface area (TPSA) is 103 Å². The molecule has 0 saturated heterocycles. The first-order valence-electron chi connectivity index (χ1n) is 8.31. The summed E-state index contributed by atoms with van der Waals surface area (Å²) in [5.74, 6) is -0.124. The molecule has 2 aromatic heterocycles. The van der Waals surface area contributed by atoms with E-state index in [4.69, 9.17) is 13.9 Å². The van der Waals surface area contributed by atoms with E-state index in [1.165, 1.54) is 16.9 Å². The molecular weight excluding hydrogens is 352 g/mol. The second kappa shape index (κ2) is 7.86. The van der Waals surface area contributed by atoms with Crippen LogP contribution in [0.1, 0.15) is 16.1 Å². The fourth-order valence-electron chi connectivity index (χ4n) is 2.91. The van der Waals surface area contributed by atoms with Gasteiger partial charge in [-0.2, -0.15) is 0 Å². The molecule has 8 heteroatoms. The number of carboxylic acids is 1. The van der Waals surface area contributed by atoms with E-state index in [-0.39, 0.29) is 18.1 Å². The average molecular weight is 372 g/mol. The van der Waals surface area contributed by atoms with Crippen LogP contribution >= 0.6 is 0 Å². The molecule has 8 nitrogen and oxygen atoms in total. The van der Waals surface area contributed by atoms with Gasteiger partial charge in [-0.15, -0.1) is 0 Å². The molecule has 2 heterocycles. The highest BCUT2D eigenvalue weighted by atomic mass is 16.5. The monoisotopic (exact) mass is 372 g/mol. The predicted octanol–water partition coefficient (Wildman–Crippen LogP) is 2.31. The van der Waals surface area contributed by atoms with Crippen molar-refractivity contribution in [3.8, 4) is 11.5 Å². The number of amides is 1. The number of nitrogens with one attached hydrogen (secondary N) is 1. The van der Waals surface area contributed by atoms with E-state index in [0.29, 0.717) is 35.6 Å². The van der Waals surface area contributed by atoms with Crippen LogP contribution in [0.25, 0.3) is 11.1 Å². The van der Waals surface area contributed by atoms with Crippen LogP contribution in [0.3, 0.4) is 0 Å². The number of carboxylic acid groups (broad SMARTS) is 1. The number of rotatable bonds is 8. The number of fused-ring (bicyclic) bond motifs is 1. The van der Waals surface area contributed by atoms with Crippen molar-refractivity contribution < 1.29 is 28.6 Å². The lowest BCUT2D eigenvalue weighted by molar-refractivity contribution is -0.121. The predicted molar refractivity (Wildman–Crippen MR) is 97.4 cm³/mol. The molecule has 0 aliphatic heterocycles. The second-order valence-corrected chi connectivity index (χ2v) is 5.88. The van der Waals surface area contributed by atoms with Crippen molar-refractivity contribution >= 4 is 23.0 Å². The van der Waals surface area contributed by atoms with Crippen LogP contribution in [-0.4, -0.2) is 42.3 Å². The smallest absolute Gasteiger partial charge is 0.352 e. The molecule has 2 N–H and O–H groups in total. The lowest BCUT2D eigenvalue weighted by Crippen LogP contribution is -2.30. The summed E-state index contributed by atoms with van der Waals surface area (Å²) in [7, 11) is 3.14. The van der Waals surface area contributed by atoms with Gasteiger partial charge in [0.05, 0.1) is 26.0 Å². The fraction of sp³-hybridized carbons (Fsp3) is 0.263. The van der Waals surface area contributed by atoms with E-state index < -0.39 is 5.97 Å². The summed E-state index contributed by atoms with van der Waals surface area (Å²) in [6.07, 6.45) is 2.06. The van der Waals surface area contributed by atoms with Crippen LogP contribution in [0.15, 0.2) is 41.0 Å². The van der Waals surface area contributed by atoms with E-state index in [1.54, 1.807) is 20.3 Å². The Morgan fingerprint density at radius 3 is 2.63 bits per heavy atom. The minimum atomic E-state index is -1.11. The third-order valence-corrected chi connectivity index (χ3v) is 4.23. The van der Waals surface area contributed by atoms with Crippen molar-refractivity contribution in [3.63, 3.8) is 0 Å². The summed E-state index contributed by atoms with van der Waals surface area (Å²) < 4.78 is 17.1. The molecule has 0 saturated carbocycles. The molecule has 0 bridgehead atoms. The zero-order chi connectivity index (χ0) is 19.4. The Hall–Kier alpha value is -3.42. The zero-order valence-electron chi connectivity index (χ0n) is 15.0. The van der Waals surface area contributed by atoms with Crippen molar-refractivity contribution in [2.75, 3.05) is 20.8 Å². The lowest BCUT2D eigenvalue weighted by atomic mass is 10.1. The summed E-state index contributed by atoms with van der Waals surface area (Å²) >= 11 is 0. The molecule has 0 aliphatic carbocycles. The summed E-state index contributed by atoms with van der Waals surface area (Å²) in [5.41, 5.74) is 2.00. The molecule has 0 fully saturated rings. The molecule has 3 aromatic rings. The van der Waals surface area contributed by atoms with Gasteiger partial charge in [0.15, 0.2) is 17.1 Å². The number of carbonyl (C=O) groups excluding carboxylic acids is 1. The number of aromatic nitrogens is 1. The number of benzene rings is 1. The third kappa shape index (κ3) is 3.89. The zero-order valence-corrected chi connectivity index (χ0v) is 15.0. The maximum absolute atomic E-state index is 12.3. The van der Waals surface area contributed by atoms with Gasteiger partial charge in [-0.05, 0) is 24.1 Å². The molecular formula is C19H20N2O6. The number of hydrogen-bond acceptors (Lipinski definition) is 5. The van der Waals surface area contributed by atoms with Crippen molar-refractivity contribution in [3.05, 3.63) is 47.9 Å². The Bertz CT molecular complexity index is 972. The van der Waals surface area contributed by atoms with Crippen LogP contribution < -0.4 is 14.8 Å². The first kappa shape index (κ1) is 18.4. The van der Waals surface area contributed by atoms with E-state index in [9.17, 15) is 14.7 Å². The van der Waals surface area contributed by atoms with Crippen molar-refractivity contribution in [1.29, 1.82) is 0 Å². The van der Waals surface area contributed by atoms with E-state index in [1.807, 2.05) is 18.2 Å². The summed E-state index contributed by atoms with van der Waals surface area (Å²) in [4.78, 5) is 23.6. The number of carbonyl (C=O) groups is 2. The normalized spacial score (nSPS) is 10.7. The van der Waals surface area contributed by atoms with E-state index >= 15 is 0 Å². The van der Waals surface area contributed by atoms with Crippen LogP contribution in [0, 0.1) is 0 Å². The van der Waals surface area contributed by atoms with Crippen LogP contribution in [0.4, 0.5) is 0 Å². The van der Waals surface area contributed by atoms with Gasteiger partial charge in [0, 0.05) is 18.7 Å². The molecule has 0 unspecified atom stereocenters. The molecule has 0 spiro atoms. The van der Waals surface area contributed by atoms with Gasteiger partial charge in [-0.25, -0.2) is 4.79 Å². The molecule has 0 radical (unpaired) electrons. The van der Waals surface area contributed by atoms with Crippen LogP contribution in [0.2, 0.25) is 0 Å². The van der Waals surface area contributed by atoms with Gasteiger partial charge in [0.2, 0.25) is 5.91 Å². The summed E-state index contributed by atoms with van der Waals surface area (Å²) in [6.45, 7) is 0.309. The number of hydrogen-bond donors (Lipinski definition) is 2. The Balaban J connectivity index is 1.62. The van der Waals surface area contributed by atoms with Gasteiger partial charge in [-0.3, -0.25) is 4.79 Å². The number of aromatic carboxylic acids is 1. The standard InChI is InChI=1S/C19H20N2O6/c1-25-15-4-3-12(9-17(15)26-2)5-7-20-18(22)11-21-13-6-8-27-16(13)10-14(21)19(23)24/h3-4,6,8-10H,5,7,11H2,1-2H3,(H,20,22)(H,23,24). The van der Waals surface area contributed by atoms with E-state index in [0.717, 1.165) is 5.56 Å². The Kier molecular flexibility index (Phi) is 5.35. The highest BCUT2D eigenvalue weighted by molar-refractivity contribution is 5.94. The van der Waals surface area contributed by atoms with Crippen molar-refractivity contribution in [2.24, 2.45) is 0 Å². The molecule has 0 atom stereocenters. The molecule has 142 valence electrons. The maximum atomic E-state index is 12.3. The first-order valence-corrected chi connectivity index (χ1v) is 8.31. The average Bonchev–Trinajstić information content (AvgIpc) is 3.24. The molecule has 27 heavy (non-hydrogen) atoms. The number of methoxy groups -OCH3 is 2. The third-order valence-electron chi connectivity index (χ3n) is 4.23. The second-order valence-electron chi connectivity index (χ2n) is 5.88. The van der Waals surface area contributed by atoms with Gasteiger partial charge in [-0.1, -0.05) is 6.07 Å². The minimum Gasteiger partial charge on any atom is -0.493 e. The van der Waals surface area contributed by atoms with Gasteiger partial charge >= 0.3 is 5.97 Å². The fourth-order valence-corrected chi connectivity index (χ4v) is 2.91. The van der Waals surface area contributed by atoms with Crippen molar-refractivity contribution in [2.45, 2.75) is 13.0 Å². The van der Waals surface area contributed by atoms with Crippen LogP contribution in [-0.2, 0) is 17.8 Å².